The fourth-order valence-electron chi connectivity index (χ4n) is 4.35. The molecule has 1 amide bonds. The number of thiazole rings is 1. The number of hydrogen-bond acceptors (Lipinski definition) is 6. The highest BCUT2D eigenvalue weighted by Gasteiger charge is 2.30. The maximum Gasteiger partial charge on any atom is 0.283 e. The van der Waals surface area contributed by atoms with E-state index >= 15 is 0 Å². The molecule has 0 bridgehead atoms. The van der Waals surface area contributed by atoms with Crippen LogP contribution in [0.2, 0.25) is 0 Å². The number of fused-ring (bicyclic) bond motifs is 3. The molecule has 0 radical (unpaired) electrons. The predicted octanol–water partition coefficient (Wildman–Crippen LogP) is 4.49. The Bertz CT molecular complexity index is 976. The first-order valence-corrected chi connectivity index (χ1v) is 11.5. The largest absolute Gasteiger partial charge is 0.492 e. The van der Waals surface area contributed by atoms with Crippen LogP contribution in [0.5, 0.6) is 5.75 Å². The molecule has 0 atom stereocenters. The Kier molecular flexibility index (Phi) is 6.18. The fourth-order valence-corrected chi connectivity index (χ4v) is 5.36. The van der Waals surface area contributed by atoms with Crippen LogP contribution in [-0.4, -0.2) is 41.2 Å². The van der Waals surface area contributed by atoms with Crippen LogP contribution in [0.4, 0.5) is 0 Å². The van der Waals surface area contributed by atoms with Gasteiger partial charge in [-0.25, -0.2) is 4.98 Å². The third-order valence-corrected chi connectivity index (χ3v) is 6.97. The molecule has 1 aliphatic carbocycles. The number of nitrogens with zero attached hydrogens (tertiary/aromatic N) is 2. The van der Waals surface area contributed by atoms with Gasteiger partial charge in [-0.3, -0.25) is 4.79 Å². The Morgan fingerprint density at radius 3 is 2.90 bits per heavy atom. The number of rotatable bonds is 6. The first-order chi connectivity index (χ1) is 14.7. The number of hydrogen-bond donors (Lipinski definition) is 2. The van der Waals surface area contributed by atoms with Crippen molar-refractivity contribution in [2.45, 2.75) is 51.5 Å². The summed E-state index contributed by atoms with van der Waals surface area (Å²) in [7, 11) is 0. The van der Waals surface area contributed by atoms with E-state index < -0.39 is 0 Å². The van der Waals surface area contributed by atoms with Crippen molar-refractivity contribution in [1.29, 1.82) is 5.41 Å². The second-order valence-corrected chi connectivity index (χ2v) is 8.89. The van der Waals surface area contributed by atoms with E-state index in [2.05, 4.69) is 6.92 Å². The van der Waals surface area contributed by atoms with Gasteiger partial charge < -0.3 is 20.8 Å². The first-order valence-electron chi connectivity index (χ1n) is 10.7. The van der Waals surface area contributed by atoms with Gasteiger partial charge in [0, 0.05) is 47.4 Å². The lowest BCUT2D eigenvalue weighted by molar-refractivity contribution is 0.0681. The average Bonchev–Trinajstić information content (AvgIpc) is 3.40. The molecule has 6 nitrogen and oxygen atoms in total. The van der Waals surface area contributed by atoms with Crippen LogP contribution in [-0.2, 0) is 6.42 Å². The molecule has 158 valence electrons. The maximum absolute atomic E-state index is 13.4. The Morgan fingerprint density at radius 2 is 2.20 bits per heavy atom. The lowest BCUT2D eigenvalue weighted by Gasteiger charge is -2.27. The van der Waals surface area contributed by atoms with E-state index in [9.17, 15) is 4.79 Å². The number of benzene rings is 1. The number of carbonyl (C=O) groups excluding carboxylic acids is 1. The summed E-state index contributed by atoms with van der Waals surface area (Å²) in [4.78, 5) is 21.3. The van der Waals surface area contributed by atoms with Crippen molar-refractivity contribution >= 4 is 29.0 Å². The minimum Gasteiger partial charge on any atom is -0.492 e. The van der Waals surface area contributed by atoms with Crippen molar-refractivity contribution in [3.63, 3.8) is 0 Å². The highest BCUT2D eigenvalue weighted by Crippen LogP contribution is 2.39. The van der Waals surface area contributed by atoms with E-state index in [1.165, 1.54) is 36.6 Å². The molecular weight excluding hydrogens is 396 g/mol. The zero-order chi connectivity index (χ0) is 21.1. The molecule has 0 spiro atoms. The minimum atomic E-state index is 0.0677. The van der Waals surface area contributed by atoms with Crippen LogP contribution >= 0.6 is 11.3 Å². The van der Waals surface area contributed by atoms with Gasteiger partial charge in [0.1, 0.15) is 5.75 Å². The molecule has 0 saturated heterocycles. The fraction of sp³-hybridized carbons (Fsp3) is 0.435. The highest BCUT2D eigenvalue weighted by atomic mass is 32.1. The number of amides is 1. The van der Waals surface area contributed by atoms with Crippen LogP contribution in [0.1, 0.15) is 59.3 Å². The van der Waals surface area contributed by atoms with E-state index in [1.807, 2.05) is 23.1 Å². The van der Waals surface area contributed by atoms with Gasteiger partial charge in [0.2, 0.25) is 0 Å². The molecule has 1 aromatic heterocycles. The zero-order valence-electron chi connectivity index (χ0n) is 17.3. The van der Waals surface area contributed by atoms with Crippen molar-refractivity contribution in [3.05, 3.63) is 39.8 Å². The Hall–Kier alpha value is -2.67. The third kappa shape index (κ3) is 3.86. The standard InChI is InChI=1S/C23H28N4O2S/c1-2-10-27(17-5-3-4-6-17)23(28)22-26-21-18-8-7-15(16(13-24)14-25)12-19(18)29-11-9-20(21)30-22/h7-8,12-14,17,24H,2-6,9-11,25H2,1H3/b16-14+,24-13?. The zero-order valence-corrected chi connectivity index (χ0v) is 18.1. The highest BCUT2D eigenvalue weighted by molar-refractivity contribution is 7.14. The van der Waals surface area contributed by atoms with E-state index in [0.717, 1.165) is 59.7 Å². The molecule has 1 fully saturated rings. The van der Waals surface area contributed by atoms with Crippen molar-refractivity contribution in [3.8, 4) is 17.0 Å². The normalized spacial score (nSPS) is 16.4. The van der Waals surface area contributed by atoms with Crippen molar-refractivity contribution in [1.82, 2.24) is 9.88 Å². The molecule has 4 rings (SSSR count). The van der Waals surface area contributed by atoms with Gasteiger partial charge in [-0.05, 0) is 37.0 Å². The maximum atomic E-state index is 13.4. The summed E-state index contributed by atoms with van der Waals surface area (Å²) in [5.74, 6) is 0.788. The van der Waals surface area contributed by atoms with Gasteiger partial charge in [-0.1, -0.05) is 25.8 Å². The van der Waals surface area contributed by atoms with E-state index in [1.54, 1.807) is 0 Å². The van der Waals surface area contributed by atoms with Crippen LogP contribution in [0.15, 0.2) is 24.4 Å². The Morgan fingerprint density at radius 1 is 1.40 bits per heavy atom. The predicted molar refractivity (Wildman–Crippen MR) is 121 cm³/mol. The number of nitrogens with one attached hydrogen (secondary N) is 1. The van der Waals surface area contributed by atoms with Crippen molar-refractivity contribution < 1.29 is 9.53 Å². The summed E-state index contributed by atoms with van der Waals surface area (Å²) in [5.41, 5.74) is 8.83. The second-order valence-electron chi connectivity index (χ2n) is 7.80. The van der Waals surface area contributed by atoms with Crippen LogP contribution < -0.4 is 10.5 Å². The van der Waals surface area contributed by atoms with Gasteiger partial charge in [-0.2, -0.15) is 0 Å². The summed E-state index contributed by atoms with van der Waals surface area (Å²) in [6, 6.07) is 6.12. The van der Waals surface area contributed by atoms with E-state index in [-0.39, 0.29) is 5.91 Å². The summed E-state index contributed by atoms with van der Waals surface area (Å²) < 4.78 is 5.96. The summed E-state index contributed by atoms with van der Waals surface area (Å²) in [5, 5.41) is 8.11. The number of ether oxygens (including phenoxy) is 1. The smallest absolute Gasteiger partial charge is 0.283 e. The van der Waals surface area contributed by atoms with Gasteiger partial charge >= 0.3 is 0 Å². The summed E-state index contributed by atoms with van der Waals surface area (Å²) >= 11 is 1.50. The topological polar surface area (TPSA) is 92.3 Å². The number of nitrogens with two attached hydrogens (primary N) is 1. The number of carbonyl (C=O) groups is 1. The number of allylic oxidation sites excluding steroid dienone is 1. The molecule has 3 N–H and O–H groups in total. The molecule has 1 saturated carbocycles. The number of aromatic nitrogens is 1. The van der Waals surface area contributed by atoms with Crippen LogP contribution in [0.25, 0.3) is 16.8 Å². The van der Waals surface area contributed by atoms with Crippen LogP contribution in [0, 0.1) is 5.41 Å². The van der Waals surface area contributed by atoms with Crippen molar-refractivity contribution in [2.75, 3.05) is 13.2 Å². The van der Waals surface area contributed by atoms with E-state index in [4.69, 9.17) is 20.9 Å². The molecule has 2 aliphatic rings. The third-order valence-electron chi connectivity index (χ3n) is 5.86. The monoisotopic (exact) mass is 424 g/mol. The van der Waals surface area contributed by atoms with Gasteiger partial charge in [0.15, 0.2) is 5.01 Å². The molecule has 2 aromatic rings. The minimum absolute atomic E-state index is 0.0677. The van der Waals surface area contributed by atoms with E-state index in [0.29, 0.717) is 23.2 Å². The van der Waals surface area contributed by atoms with Crippen molar-refractivity contribution in [2.24, 2.45) is 5.73 Å². The van der Waals surface area contributed by atoms with Gasteiger partial charge in [-0.15, -0.1) is 11.3 Å². The summed E-state index contributed by atoms with van der Waals surface area (Å²) in [6.07, 6.45) is 8.93. The molecular formula is C23H28N4O2S. The average molecular weight is 425 g/mol. The Labute approximate surface area is 181 Å². The molecule has 0 unspecified atom stereocenters. The first kappa shape index (κ1) is 20.6. The molecule has 7 heteroatoms. The molecule has 30 heavy (non-hydrogen) atoms. The quantitative estimate of drug-likeness (QED) is 0.668. The van der Waals surface area contributed by atoms with Gasteiger partial charge in [0.05, 0.1) is 12.3 Å². The molecule has 1 aliphatic heterocycles. The molecule has 1 aromatic carbocycles. The SMILES string of the molecule is CCCN(C(=O)c1nc2c(s1)CCOc1cc(/C(C=N)=C/N)ccc1-2)C1CCCC1. The second kappa shape index (κ2) is 9.00. The van der Waals surface area contributed by atoms with Crippen LogP contribution in [0.3, 0.4) is 0 Å². The Balaban J connectivity index is 1.68. The lowest BCUT2D eigenvalue weighted by atomic mass is 10.0. The summed E-state index contributed by atoms with van der Waals surface area (Å²) in [6.45, 7) is 3.44. The lowest BCUT2D eigenvalue weighted by Crippen LogP contribution is -2.39. The molecule has 2 heterocycles. The van der Waals surface area contributed by atoms with Gasteiger partial charge in [0.25, 0.3) is 5.91 Å².